The predicted octanol–water partition coefficient (Wildman–Crippen LogP) is 4.14. The molecular formula is C18H16N2O2S. The molecule has 4 nitrogen and oxygen atoms in total. The molecule has 0 saturated carbocycles. The van der Waals surface area contributed by atoms with Crippen LogP contribution in [0.15, 0.2) is 60.1 Å². The molecule has 1 heterocycles. The van der Waals surface area contributed by atoms with Crippen LogP contribution in [-0.4, -0.2) is 17.5 Å². The highest BCUT2D eigenvalue weighted by atomic mass is 32.1. The van der Waals surface area contributed by atoms with Crippen LogP contribution < -0.4 is 10.1 Å². The lowest BCUT2D eigenvalue weighted by Gasteiger charge is -2.09. The zero-order valence-electron chi connectivity index (χ0n) is 12.7. The van der Waals surface area contributed by atoms with Gasteiger partial charge < -0.3 is 10.1 Å². The van der Waals surface area contributed by atoms with Crippen molar-refractivity contribution in [3.63, 3.8) is 0 Å². The summed E-state index contributed by atoms with van der Waals surface area (Å²) in [5.74, 6) is 0.518. The van der Waals surface area contributed by atoms with Gasteiger partial charge in [-0.3, -0.25) is 4.79 Å². The molecule has 1 N–H and O–H groups in total. The van der Waals surface area contributed by atoms with Gasteiger partial charge in [0.05, 0.1) is 5.51 Å². The quantitative estimate of drug-likeness (QED) is 0.767. The minimum absolute atomic E-state index is 0.0308. The average molecular weight is 324 g/mol. The fourth-order valence-electron chi connectivity index (χ4n) is 2.16. The topological polar surface area (TPSA) is 51.2 Å². The summed E-state index contributed by atoms with van der Waals surface area (Å²) < 4.78 is 5.57. The second-order valence-electron chi connectivity index (χ2n) is 5.00. The van der Waals surface area contributed by atoms with E-state index in [0.717, 1.165) is 27.6 Å². The largest absolute Gasteiger partial charge is 0.483 e. The molecule has 0 aliphatic heterocycles. The molecule has 116 valence electrons. The van der Waals surface area contributed by atoms with Crippen LogP contribution >= 0.6 is 11.3 Å². The van der Waals surface area contributed by atoms with Gasteiger partial charge in [0.1, 0.15) is 16.4 Å². The number of aromatic nitrogens is 1. The van der Waals surface area contributed by atoms with Crippen molar-refractivity contribution >= 4 is 22.2 Å². The normalized spacial score (nSPS) is 10.3. The van der Waals surface area contributed by atoms with E-state index in [4.69, 9.17) is 4.74 Å². The van der Waals surface area contributed by atoms with Crippen molar-refractivity contribution in [2.45, 2.75) is 6.92 Å². The molecular weight excluding hydrogens is 308 g/mol. The Morgan fingerprint density at radius 2 is 1.87 bits per heavy atom. The maximum atomic E-state index is 12.1. The molecule has 3 rings (SSSR count). The Bertz CT molecular complexity index is 800. The van der Waals surface area contributed by atoms with Crippen molar-refractivity contribution in [1.82, 2.24) is 4.98 Å². The number of ether oxygens (including phenoxy) is 1. The van der Waals surface area contributed by atoms with Gasteiger partial charge in [-0.25, -0.2) is 4.98 Å². The van der Waals surface area contributed by atoms with E-state index in [9.17, 15) is 4.79 Å². The minimum atomic E-state index is -0.199. The number of carbonyl (C=O) groups is 1. The van der Waals surface area contributed by atoms with E-state index in [-0.39, 0.29) is 12.5 Å². The second kappa shape index (κ2) is 7.07. The van der Waals surface area contributed by atoms with Crippen LogP contribution in [0.2, 0.25) is 0 Å². The van der Waals surface area contributed by atoms with Gasteiger partial charge in [-0.1, -0.05) is 48.5 Å². The van der Waals surface area contributed by atoms with Gasteiger partial charge in [0.15, 0.2) is 6.61 Å². The third kappa shape index (κ3) is 3.76. The van der Waals surface area contributed by atoms with E-state index >= 15 is 0 Å². The summed E-state index contributed by atoms with van der Waals surface area (Å²) in [4.78, 5) is 16.5. The van der Waals surface area contributed by atoms with Gasteiger partial charge >= 0.3 is 0 Å². The first-order valence-electron chi connectivity index (χ1n) is 7.21. The summed E-state index contributed by atoms with van der Waals surface area (Å²) >= 11 is 1.40. The zero-order valence-corrected chi connectivity index (χ0v) is 13.5. The molecule has 0 aliphatic carbocycles. The number of aryl methyl sites for hydroxylation is 1. The molecule has 3 aromatic rings. The first-order chi connectivity index (χ1) is 11.2. The Kier molecular flexibility index (Phi) is 4.68. The zero-order chi connectivity index (χ0) is 16.1. The monoisotopic (exact) mass is 324 g/mol. The number of para-hydroxylation sites is 1. The van der Waals surface area contributed by atoms with E-state index in [1.807, 2.05) is 61.5 Å². The standard InChI is InChI=1S/C18H16N2O2S/c1-13-7-5-6-10-15(13)22-11-16(21)20-18-17(19-12-23-18)14-8-3-2-4-9-14/h2-10,12H,11H2,1H3,(H,20,21). The van der Waals surface area contributed by atoms with Gasteiger partial charge in [0.2, 0.25) is 0 Å². The van der Waals surface area contributed by atoms with E-state index in [2.05, 4.69) is 10.3 Å². The Morgan fingerprint density at radius 1 is 1.13 bits per heavy atom. The van der Waals surface area contributed by atoms with Crippen molar-refractivity contribution in [2.24, 2.45) is 0 Å². The molecule has 0 fully saturated rings. The number of hydrogen-bond acceptors (Lipinski definition) is 4. The lowest BCUT2D eigenvalue weighted by molar-refractivity contribution is -0.118. The molecule has 0 bridgehead atoms. The van der Waals surface area contributed by atoms with Gasteiger partial charge in [0.25, 0.3) is 5.91 Å². The number of nitrogens with one attached hydrogen (secondary N) is 1. The van der Waals surface area contributed by atoms with Crippen molar-refractivity contribution in [3.05, 3.63) is 65.7 Å². The van der Waals surface area contributed by atoms with Crippen LogP contribution in [0, 0.1) is 6.92 Å². The lowest BCUT2D eigenvalue weighted by atomic mass is 10.2. The molecule has 23 heavy (non-hydrogen) atoms. The summed E-state index contributed by atoms with van der Waals surface area (Å²) in [6, 6.07) is 17.4. The molecule has 0 atom stereocenters. The third-order valence-corrected chi connectivity index (χ3v) is 4.06. The van der Waals surface area contributed by atoms with Crippen molar-refractivity contribution < 1.29 is 9.53 Å². The van der Waals surface area contributed by atoms with Crippen LogP contribution in [0.1, 0.15) is 5.56 Å². The van der Waals surface area contributed by atoms with Crippen molar-refractivity contribution in [2.75, 3.05) is 11.9 Å². The second-order valence-corrected chi connectivity index (χ2v) is 5.85. The fourth-order valence-corrected chi connectivity index (χ4v) is 2.88. The SMILES string of the molecule is Cc1ccccc1OCC(=O)Nc1scnc1-c1ccccc1. The number of nitrogens with zero attached hydrogens (tertiary/aromatic N) is 1. The van der Waals surface area contributed by atoms with Crippen molar-refractivity contribution in [3.8, 4) is 17.0 Å². The van der Waals surface area contributed by atoms with E-state index < -0.39 is 0 Å². The van der Waals surface area contributed by atoms with Crippen LogP contribution in [0.4, 0.5) is 5.00 Å². The van der Waals surface area contributed by atoms with E-state index in [1.54, 1.807) is 5.51 Å². The summed E-state index contributed by atoms with van der Waals surface area (Å²) in [6.45, 7) is 1.92. The highest BCUT2D eigenvalue weighted by Crippen LogP contribution is 2.30. The lowest BCUT2D eigenvalue weighted by Crippen LogP contribution is -2.20. The molecule has 0 aliphatic rings. The van der Waals surface area contributed by atoms with Crippen molar-refractivity contribution in [1.29, 1.82) is 0 Å². The molecule has 0 saturated heterocycles. The maximum Gasteiger partial charge on any atom is 0.262 e. The molecule has 0 spiro atoms. The van der Waals surface area contributed by atoms with E-state index in [0.29, 0.717) is 0 Å². The van der Waals surface area contributed by atoms with Gasteiger partial charge in [-0.05, 0) is 18.6 Å². The Morgan fingerprint density at radius 3 is 2.65 bits per heavy atom. The summed E-state index contributed by atoms with van der Waals surface area (Å²) in [7, 11) is 0. The number of benzene rings is 2. The molecule has 1 aromatic heterocycles. The number of rotatable bonds is 5. The number of amides is 1. The number of hydrogen-bond donors (Lipinski definition) is 1. The molecule has 2 aromatic carbocycles. The summed E-state index contributed by atoms with van der Waals surface area (Å²) in [5.41, 5.74) is 4.48. The maximum absolute atomic E-state index is 12.1. The van der Waals surface area contributed by atoms with Crippen LogP contribution in [0.3, 0.4) is 0 Å². The number of anilines is 1. The van der Waals surface area contributed by atoms with Crippen LogP contribution in [0.25, 0.3) is 11.3 Å². The first kappa shape index (κ1) is 15.2. The number of carbonyl (C=O) groups excluding carboxylic acids is 1. The van der Waals surface area contributed by atoms with E-state index in [1.165, 1.54) is 11.3 Å². The number of thiazole rings is 1. The molecule has 1 amide bonds. The fraction of sp³-hybridized carbons (Fsp3) is 0.111. The van der Waals surface area contributed by atoms with Crippen LogP contribution in [-0.2, 0) is 4.79 Å². The van der Waals surface area contributed by atoms with Gasteiger partial charge in [0, 0.05) is 5.56 Å². The summed E-state index contributed by atoms with van der Waals surface area (Å²) in [6.07, 6.45) is 0. The average Bonchev–Trinajstić information content (AvgIpc) is 3.03. The van der Waals surface area contributed by atoms with Gasteiger partial charge in [-0.2, -0.15) is 0 Å². The Hall–Kier alpha value is -2.66. The first-order valence-corrected chi connectivity index (χ1v) is 8.09. The molecule has 0 unspecified atom stereocenters. The van der Waals surface area contributed by atoms with Crippen LogP contribution in [0.5, 0.6) is 5.75 Å². The molecule has 5 heteroatoms. The highest BCUT2D eigenvalue weighted by Gasteiger charge is 2.12. The minimum Gasteiger partial charge on any atom is -0.483 e. The molecule has 0 radical (unpaired) electrons. The Labute approximate surface area is 138 Å². The smallest absolute Gasteiger partial charge is 0.262 e. The highest BCUT2D eigenvalue weighted by molar-refractivity contribution is 7.14. The summed E-state index contributed by atoms with van der Waals surface area (Å²) in [5, 5.41) is 3.60. The third-order valence-electron chi connectivity index (χ3n) is 3.32. The van der Waals surface area contributed by atoms with Gasteiger partial charge in [-0.15, -0.1) is 11.3 Å². The predicted molar refractivity (Wildman–Crippen MR) is 92.9 cm³/mol. The Balaban J connectivity index is 1.65.